The number of rotatable bonds is 6. The number of aromatic nitrogens is 1. The Balaban J connectivity index is 2.52. The second-order valence-corrected chi connectivity index (χ2v) is 9.21. The normalized spacial score (nSPS) is 12.3. The Morgan fingerprint density at radius 1 is 0.923 bits per heavy atom. The molecule has 0 radical (unpaired) electrons. The van der Waals surface area contributed by atoms with Gasteiger partial charge in [0.1, 0.15) is 12.4 Å². The molecule has 2 heteroatoms. The molecule has 0 bridgehead atoms. The number of aryl methyl sites for hydroxylation is 2. The Bertz CT molecular complexity index is 739. The van der Waals surface area contributed by atoms with Gasteiger partial charge in [0.2, 0.25) is 0 Å². The lowest BCUT2D eigenvalue weighted by atomic mass is 9.71. The van der Waals surface area contributed by atoms with Gasteiger partial charge in [-0.1, -0.05) is 71.9 Å². The van der Waals surface area contributed by atoms with E-state index in [1.165, 1.54) is 16.7 Å². The molecule has 0 aliphatic heterocycles. The van der Waals surface area contributed by atoms with E-state index in [1.807, 2.05) is 6.07 Å². The van der Waals surface area contributed by atoms with Gasteiger partial charge in [-0.05, 0) is 43.1 Å². The van der Waals surface area contributed by atoms with E-state index < -0.39 is 0 Å². The van der Waals surface area contributed by atoms with Crippen molar-refractivity contribution in [1.82, 2.24) is 4.98 Å². The molecule has 0 saturated heterocycles. The Labute approximate surface area is 160 Å². The van der Waals surface area contributed by atoms with E-state index in [9.17, 15) is 0 Å². The van der Waals surface area contributed by atoms with Crippen LogP contribution in [0.15, 0.2) is 30.3 Å². The minimum absolute atomic E-state index is 0.00102. The van der Waals surface area contributed by atoms with Crippen LogP contribution in [0.5, 0.6) is 5.75 Å². The standard InChI is InChI=1S/C24H35NO/c1-9-20-17(2)25-18(3)21(24(7,8)16-23(4,5)6)22(20)26-15-19-13-11-10-12-14-19/h10-14H,9,15-16H2,1-8H3. The van der Waals surface area contributed by atoms with Crippen LogP contribution in [0.2, 0.25) is 0 Å². The van der Waals surface area contributed by atoms with Crippen molar-refractivity contribution in [2.45, 2.75) is 80.3 Å². The molecule has 0 aliphatic carbocycles. The fraction of sp³-hybridized carbons (Fsp3) is 0.542. The Morgan fingerprint density at radius 3 is 2.08 bits per heavy atom. The van der Waals surface area contributed by atoms with Gasteiger partial charge in [0, 0.05) is 22.5 Å². The maximum absolute atomic E-state index is 6.47. The molecule has 26 heavy (non-hydrogen) atoms. The predicted molar refractivity (Wildman–Crippen MR) is 111 cm³/mol. The highest BCUT2D eigenvalue weighted by Gasteiger charge is 2.33. The molecule has 2 rings (SSSR count). The smallest absolute Gasteiger partial charge is 0.130 e. The molecule has 2 nitrogen and oxygen atoms in total. The van der Waals surface area contributed by atoms with E-state index in [0.29, 0.717) is 6.61 Å². The molecular formula is C24H35NO. The molecule has 142 valence electrons. The molecule has 0 fully saturated rings. The van der Waals surface area contributed by atoms with Crippen molar-refractivity contribution in [3.8, 4) is 5.75 Å². The number of pyridine rings is 1. The van der Waals surface area contributed by atoms with Gasteiger partial charge in [-0.25, -0.2) is 0 Å². The molecule has 2 aromatic rings. The highest BCUT2D eigenvalue weighted by atomic mass is 16.5. The van der Waals surface area contributed by atoms with Crippen molar-refractivity contribution in [2.24, 2.45) is 5.41 Å². The summed E-state index contributed by atoms with van der Waals surface area (Å²) in [6, 6.07) is 10.4. The van der Waals surface area contributed by atoms with Crippen LogP contribution in [-0.4, -0.2) is 4.98 Å². The van der Waals surface area contributed by atoms with E-state index in [2.05, 4.69) is 79.7 Å². The van der Waals surface area contributed by atoms with Crippen LogP contribution in [0.1, 0.15) is 76.0 Å². The monoisotopic (exact) mass is 353 g/mol. The molecule has 0 aliphatic rings. The van der Waals surface area contributed by atoms with Crippen LogP contribution >= 0.6 is 0 Å². The molecule has 0 atom stereocenters. The van der Waals surface area contributed by atoms with Crippen molar-refractivity contribution in [2.75, 3.05) is 0 Å². The molecule has 0 saturated carbocycles. The summed E-state index contributed by atoms with van der Waals surface area (Å²) in [5.74, 6) is 1.05. The maximum atomic E-state index is 6.47. The first-order chi connectivity index (χ1) is 12.0. The van der Waals surface area contributed by atoms with Crippen molar-refractivity contribution < 1.29 is 4.74 Å². The van der Waals surface area contributed by atoms with Crippen LogP contribution in [0.3, 0.4) is 0 Å². The second-order valence-electron chi connectivity index (χ2n) is 9.21. The zero-order valence-corrected chi connectivity index (χ0v) is 17.9. The number of hydrogen-bond donors (Lipinski definition) is 0. The molecule has 0 unspecified atom stereocenters. The highest BCUT2D eigenvalue weighted by molar-refractivity contribution is 5.49. The van der Waals surface area contributed by atoms with E-state index in [-0.39, 0.29) is 10.8 Å². The van der Waals surface area contributed by atoms with Crippen LogP contribution in [0.4, 0.5) is 0 Å². The molecular weight excluding hydrogens is 318 g/mol. The summed E-state index contributed by atoms with van der Waals surface area (Å²) >= 11 is 0. The zero-order chi connectivity index (χ0) is 19.5. The topological polar surface area (TPSA) is 22.1 Å². The van der Waals surface area contributed by atoms with Crippen LogP contribution in [-0.2, 0) is 18.4 Å². The molecule has 0 amide bonds. The average molecular weight is 354 g/mol. The van der Waals surface area contributed by atoms with Gasteiger partial charge in [0.15, 0.2) is 0 Å². The largest absolute Gasteiger partial charge is 0.488 e. The highest BCUT2D eigenvalue weighted by Crippen LogP contribution is 2.43. The van der Waals surface area contributed by atoms with Crippen molar-refractivity contribution >= 4 is 0 Å². The third-order valence-corrected chi connectivity index (χ3v) is 4.86. The average Bonchev–Trinajstić information content (AvgIpc) is 2.50. The number of ether oxygens (including phenoxy) is 1. The fourth-order valence-corrected chi connectivity index (χ4v) is 4.37. The molecule has 1 aromatic heterocycles. The van der Waals surface area contributed by atoms with Gasteiger partial charge in [-0.15, -0.1) is 0 Å². The Hall–Kier alpha value is -1.83. The van der Waals surface area contributed by atoms with Crippen LogP contribution in [0, 0.1) is 19.3 Å². The first kappa shape index (κ1) is 20.5. The summed E-state index contributed by atoms with van der Waals surface area (Å²) in [5, 5.41) is 0. The van der Waals surface area contributed by atoms with Crippen molar-refractivity contribution in [3.05, 3.63) is 58.4 Å². The lowest BCUT2D eigenvalue weighted by Crippen LogP contribution is -2.27. The summed E-state index contributed by atoms with van der Waals surface area (Å²) in [6.07, 6.45) is 2.01. The summed E-state index contributed by atoms with van der Waals surface area (Å²) in [4.78, 5) is 4.88. The quantitative estimate of drug-likeness (QED) is 0.587. The summed E-state index contributed by atoms with van der Waals surface area (Å²) in [5.41, 5.74) is 6.12. The van der Waals surface area contributed by atoms with Gasteiger partial charge in [0.05, 0.1) is 0 Å². The third kappa shape index (κ3) is 4.87. The summed E-state index contributed by atoms with van der Waals surface area (Å²) in [6.45, 7) is 18.6. The van der Waals surface area contributed by atoms with Crippen molar-refractivity contribution in [3.63, 3.8) is 0 Å². The molecule has 0 spiro atoms. The van der Waals surface area contributed by atoms with Crippen LogP contribution < -0.4 is 4.74 Å². The van der Waals surface area contributed by atoms with E-state index in [4.69, 9.17) is 9.72 Å². The van der Waals surface area contributed by atoms with Gasteiger partial charge in [-0.3, -0.25) is 4.98 Å². The zero-order valence-electron chi connectivity index (χ0n) is 17.9. The van der Waals surface area contributed by atoms with Crippen LogP contribution in [0.25, 0.3) is 0 Å². The minimum Gasteiger partial charge on any atom is -0.488 e. The van der Waals surface area contributed by atoms with E-state index >= 15 is 0 Å². The SMILES string of the molecule is CCc1c(C)nc(C)c(C(C)(C)CC(C)(C)C)c1OCc1ccccc1. The van der Waals surface area contributed by atoms with Gasteiger partial charge in [-0.2, -0.15) is 0 Å². The lowest BCUT2D eigenvalue weighted by Gasteiger charge is -2.35. The first-order valence-corrected chi connectivity index (χ1v) is 9.72. The Kier molecular flexibility index (Phi) is 6.16. The maximum Gasteiger partial charge on any atom is 0.130 e. The second kappa shape index (κ2) is 7.82. The van der Waals surface area contributed by atoms with Gasteiger partial charge in [0.25, 0.3) is 0 Å². The number of benzene rings is 1. The molecule has 0 N–H and O–H groups in total. The van der Waals surface area contributed by atoms with Gasteiger partial charge < -0.3 is 4.74 Å². The third-order valence-electron chi connectivity index (χ3n) is 4.86. The summed E-state index contributed by atoms with van der Waals surface area (Å²) < 4.78 is 6.47. The lowest BCUT2D eigenvalue weighted by molar-refractivity contribution is 0.258. The number of nitrogens with zero attached hydrogens (tertiary/aromatic N) is 1. The number of hydrogen-bond acceptors (Lipinski definition) is 2. The Morgan fingerprint density at radius 2 is 1.54 bits per heavy atom. The molecule has 1 heterocycles. The molecule has 1 aromatic carbocycles. The predicted octanol–water partition coefficient (Wildman–Crippen LogP) is 6.55. The first-order valence-electron chi connectivity index (χ1n) is 9.72. The fourth-order valence-electron chi connectivity index (χ4n) is 4.37. The van der Waals surface area contributed by atoms with E-state index in [0.717, 1.165) is 30.0 Å². The minimum atomic E-state index is -0.00102. The summed E-state index contributed by atoms with van der Waals surface area (Å²) in [7, 11) is 0. The van der Waals surface area contributed by atoms with Crippen molar-refractivity contribution in [1.29, 1.82) is 0 Å². The van der Waals surface area contributed by atoms with Gasteiger partial charge >= 0.3 is 0 Å². The van der Waals surface area contributed by atoms with E-state index in [1.54, 1.807) is 0 Å².